The first kappa shape index (κ1) is 13.2. The third-order valence-electron chi connectivity index (χ3n) is 2.42. The fourth-order valence-corrected chi connectivity index (χ4v) is 2.20. The predicted molar refractivity (Wildman–Crippen MR) is 60.8 cm³/mol. The Morgan fingerprint density at radius 3 is 2.06 bits per heavy atom. The molecule has 0 amide bonds. The van der Waals surface area contributed by atoms with Gasteiger partial charge in [-0.3, -0.25) is 0 Å². The Balaban J connectivity index is 3.01. The van der Waals surface area contributed by atoms with E-state index in [1.54, 1.807) is 6.92 Å². The number of rotatable bonds is 4. The lowest BCUT2D eigenvalue weighted by atomic mass is 10.1. The van der Waals surface area contributed by atoms with Gasteiger partial charge >= 0.3 is 0 Å². The normalized spacial score (nSPS) is 15.8. The summed E-state index contributed by atoms with van der Waals surface area (Å²) in [7, 11) is -3.21. The zero-order chi connectivity index (χ0) is 12.3. The first-order valence-electron chi connectivity index (χ1n) is 5.07. The summed E-state index contributed by atoms with van der Waals surface area (Å²) in [6.07, 6.45) is -1.87. The van der Waals surface area contributed by atoms with Gasteiger partial charge in [-0.1, -0.05) is 19.1 Å². The second-order valence-corrected chi connectivity index (χ2v) is 5.94. The van der Waals surface area contributed by atoms with Crippen LogP contribution in [-0.2, 0) is 9.84 Å². The van der Waals surface area contributed by atoms with Gasteiger partial charge in [0.05, 0.1) is 16.8 Å². The minimum absolute atomic E-state index is 0.0469. The maximum atomic E-state index is 11.5. The van der Waals surface area contributed by atoms with E-state index >= 15 is 0 Å². The van der Waals surface area contributed by atoms with Crippen molar-refractivity contribution in [2.24, 2.45) is 0 Å². The molecule has 0 spiro atoms. The summed E-state index contributed by atoms with van der Waals surface area (Å²) in [4.78, 5) is 0.233. The van der Waals surface area contributed by atoms with Gasteiger partial charge in [0.2, 0.25) is 0 Å². The minimum Gasteiger partial charge on any atom is -0.390 e. The zero-order valence-electron chi connectivity index (χ0n) is 9.29. The summed E-state index contributed by atoms with van der Waals surface area (Å²) in [6.45, 7) is 3.05. The minimum atomic E-state index is -3.21. The van der Waals surface area contributed by atoms with Crippen LogP contribution < -0.4 is 0 Å². The summed E-state index contributed by atoms with van der Waals surface area (Å²) in [5, 5.41) is 18.7. The Labute approximate surface area is 95.5 Å². The van der Waals surface area contributed by atoms with Crippen LogP contribution in [0.1, 0.15) is 25.5 Å². The molecule has 4 nitrogen and oxygen atoms in total. The first-order valence-corrected chi connectivity index (χ1v) is 6.72. The summed E-state index contributed by atoms with van der Waals surface area (Å²) >= 11 is 0. The van der Waals surface area contributed by atoms with E-state index in [0.717, 1.165) is 0 Å². The number of aliphatic hydroxyl groups is 2. The number of sulfone groups is 1. The van der Waals surface area contributed by atoms with Crippen LogP contribution >= 0.6 is 0 Å². The molecule has 90 valence electrons. The largest absolute Gasteiger partial charge is 0.390 e. The van der Waals surface area contributed by atoms with Gasteiger partial charge in [0, 0.05) is 0 Å². The third kappa shape index (κ3) is 2.81. The van der Waals surface area contributed by atoms with Gasteiger partial charge in [0.15, 0.2) is 9.84 Å². The fraction of sp³-hybridized carbons (Fsp3) is 0.455. The molecule has 0 aromatic heterocycles. The highest BCUT2D eigenvalue weighted by molar-refractivity contribution is 7.91. The standard InChI is InChI=1S/C11H16O4S/c1-3-16(14,15)10-6-4-9(5-7-10)11(13)8(2)12/h4-8,11-13H,3H2,1-2H3. The smallest absolute Gasteiger partial charge is 0.178 e. The molecule has 2 atom stereocenters. The molecule has 0 aliphatic heterocycles. The van der Waals surface area contributed by atoms with Crippen molar-refractivity contribution < 1.29 is 18.6 Å². The predicted octanol–water partition coefficient (Wildman–Crippen LogP) is 0.894. The Morgan fingerprint density at radius 1 is 1.19 bits per heavy atom. The highest BCUT2D eigenvalue weighted by atomic mass is 32.2. The van der Waals surface area contributed by atoms with E-state index < -0.39 is 22.0 Å². The molecule has 1 rings (SSSR count). The van der Waals surface area contributed by atoms with Crippen LogP contribution in [0.15, 0.2) is 29.2 Å². The highest BCUT2D eigenvalue weighted by Crippen LogP contribution is 2.19. The van der Waals surface area contributed by atoms with Crippen molar-refractivity contribution in [2.45, 2.75) is 31.0 Å². The van der Waals surface area contributed by atoms with Crippen LogP contribution in [-0.4, -0.2) is 30.5 Å². The van der Waals surface area contributed by atoms with E-state index in [2.05, 4.69) is 0 Å². The van der Waals surface area contributed by atoms with Crippen molar-refractivity contribution >= 4 is 9.84 Å². The maximum absolute atomic E-state index is 11.5. The van der Waals surface area contributed by atoms with Crippen molar-refractivity contribution in [1.29, 1.82) is 0 Å². The first-order chi connectivity index (χ1) is 7.38. The van der Waals surface area contributed by atoms with Gasteiger partial charge in [-0.05, 0) is 24.6 Å². The van der Waals surface area contributed by atoms with Crippen LogP contribution in [0.5, 0.6) is 0 Å². The van der Waals surface area contributed by atoms with Gasteiger partial charge < -0.3 is 10.2 Å². The van der Waals surface area contributed by atoms with Crippen molar-refractivity contribution in [3.05, 3.63) is 29.8 Å². The molecule has 0 saturated carbocycles. The Morgan fingerprint density at radius 2 is 1.69 bits per heavy atom. The number of aliphatic hydroxyl groups excluding tert-OH is 2. The van der Waals surface area contributed by atoms with E-state index in [1.807, 2.05) is 0 Å². The van der Waals surface area contributed by atoms with Gasteiger partial charge in [0.25, 0.3) is 0 Å². The molecule has 0 fully saturated rings. The molecule has 0 heterocycles. The van der Waals surface area contributed by atoms with E-state index in [-0.39, 0.29) is 10.6 Å². The zero-order valence-corrected chi connectivity index (χ0v) is 10.1. The van der Waals surface area contributed by atoms with Crippen molar-refractivity contribution in [2.75, 3.05) is 5.75 Å². The second kappa shape index (κ2) is 4.95. The Hall–Kier alpha value is -0.910. The van der Waals surface area contributed by atoms with Crippen LogP contribution in [0.4, 0.5) is 0 Å². The Kier molecular flexibility index (Phi) is 4.07. The second-order valence-electron chi connectivity index (χ2n) is 3.66. The molecule has 2 unspecified atom stereocenters. The van der Waals surface area contributed by atoms with Crippen LogP contribution in [0, 0.1) is 0 Å². The van der Waals surface area contributed by atoms with Crippen molar-refractivity contribution in [3.63, 3.8) is 0 Å². The summed E-state index contributed by atoms with van der Waals surface area (Å²) in [5.74, 6) is 0.0469. The molecule has 0 aliphatic rings. The van der Waals surface area contributed by atoms with Crippen LogP contribution in [0.3, 0.4) is 0 Å². The molecule has 0 saturated heterocycles. The number of hydrogen-bond donors (Lipinski definition) is 2. The quantitative estimate of drug-likeness (QED) is 0.825. The molecule has 1 aromatic carbocycles. The molecule has 2 N–H and O–H groups in total. The molecule has 5 heteroatoms. The molecule has 16 heavy (non-hydrogen) atoms. The Bertz CT molecular complexity index is 434. The summed E-state index contributed by atoms with van der Waals surface area (Å²) < 4.78 is 23.0. The number of hydrogen-bond acceptors (Lipinski definition) is 4. The molecule has 0 aliphatic carbocycles. The number of benzene rings is 1. The van der Waals surface area contributed by atoms with E-state index in [9.17, 15) is 18.6 Å². The van der Waals surface area contributed by atoms with Crippen molar-refractivity contribution in [3.8, 4) is 0 Å². The molecular weight excluding hydrogens is 228 g/mol. The van der Waals surface area contributed by atoms with Gasteiger partial charge in [-0.15, -0.1) is 0 Å². The maximum Gasteiger partial charge on any atom is 0.178 e. The summed E-state index contributed by atoms with van der Waals surface area (Å²) in [6, 6.07) is 5.92. The molecule has 0 bridgehead atoms. The molecular formula is C11H16O4S. The lowest BCUT2D eigenvalue weighted by molar-refractivity contribution is 0.0305. The van der Waals surface area contributed by atoms with Crippen LogP contribution in [0.2, 0.25) is 0 Å². The third-order valence-corrected chi connectivity index (χ3v) is 4.17. The lowest BCUT2D eigenvalue weighted by Crippen LogP contribution is -2.14. The topological polar surface area (TPSA) is 74.6 Å². The van der Waals surface area contributed by atoms with E-state index in [4.69, 9.17) is 0 Å². The van der Waals surface area contributed by atoms with Gasteiger partial charge in [-0.2, -0.15) is 0 Å². The lowest BCUT2D eigenvalue weighted by Gasteiger charge is -2.14. The highest BCUT2D eigenvalue weighted by Gasteiger charge is 2.15. The van der Waals surface area contributed by atoms with Crippen LogP contribution in [0.25, 0.3) is 0 Å². The average Bonchev–Trinajstić information content (AvgIpc) is 2.28. The van der Waals surface area contributed by atoms with E-state index in [1.165, 1.54) is 31.2 Å². The molecule has 0 radical (unpaired) electrons. The van der Waals surface area contributed by atoms with Gasteiger partial charge in [0.1, 0.15) is 6.10 Å². The van der Waals surface area contributed by atoms with Crippen molar-refractivity contribution in [1.82, 2.24) is 0 Å². The monoisotopic (exact) mass is 244 g/mol. The summed E-state index contributed by atoms with van der Waals surface area (Å²) in [5.41, 5.74) is 0.505. The average molecular weight is 244 g/mol. The fourth-order valence-electron chi connectivity index (χ4n) is 1.32. The van der Waals surface area contributed by atoms with E-state index in [0.29, 0.717) is 5.56 Å². The SMILES string of the molecule is CCS(=O)(=O)c1ccc(C(O)C(C)O)cc1. The van der Waals surface area contributed by atoms with Gasteiger partial charge in [-0.25, -0.2) is 8.42 Å². The molecule has 1 aromatic rings.